The molecule has 2 aliphatic heterocycles. The summed E-state index contributed by atoms with van der Waals surface area (Å²) in [4.78, 5) is 17.6. The topological polar surface area (TPSA) is 58.8 Å². The first kappa shape index (κ1) is 23.0. The predicted octanol–water partition coefficient (Wildman–Crippen LogP) is 2.31. The maximum atomic E-state index is 13.0. The van der Waals surface area contributed by atoms with E-state index in [9.17, 15) is 4.79 Å². The third-order valence-electron chi connectivity index (χ3n) is 6.50. The molecule has 1 aliphatic carbocycles. The monoisotopic (exact) mass is 395 g/mol. The highest BCUT2D eigenvalue weighted by Crippen LogP contribution is 2.50. The molecule has 0 spiro atoms. The molecule has 0 aromatic rings. The quantitative estimate of drug-likeness (QED) is 0.775. The van der Waals surface area contributed by atoms with E-state index >= 15 is 0 Å². The van der Waals surface area contributed by atoms with Gasteiger partial charge in [-0.05, 0) is 45.2 Å². The molecule has 2 heterocycles. The fourth-order valence-corrected chi connectivity index (χ4v) is 4.58. The van der Waals surface area contributed by atoms with E-state index in [-0.39, 0.29) is 42.2 Å². The van der Waals surface area contributed by atoms with Gasteiger partial charge in [-0.2, -0.15) is 0 Å². The minimum atomic E-state index is -0.755. The highest BCUT2D eigenvalue weighted by atomic mass is 35.5. The van der Waals surface area contributed by atoms with Gasteiger partial charge in [0.1, 0.15) is 5.54 Å². The van der Waals surface area contributed by atoms with E-state index in [4.69, 9.17) is 10.5 Å². The van der Waals surface area contributed by atoms with E-state index in [1.807, 2.05) is 11.8 Å². The number of carbonyl (C=O) groups is 1. The molecule has 3 fully saturated rings. The number of carbonyl (C=O) groups excluding carboxylic acids is 1. The van der Waals surface area contributed by atoms with Gasteiger partial charge in [-0.3, -0.25) is 4.79 Å². The largest absolute Gasteiger partial charge is 0.378 e. The Kier molecular flexibility index (Phi) is 8.04. The normalized spacial score (nSPS) is 34.2. The molecule has 7 heteroatoms. The first-order chi connectivity index (χ1) is 10.9. The van der Waals surface area contributed by atoms with Gasteiger partial charge in [-0.25, -0.2) is 0 Å². The number of amides is 1. The van der Waals surface area contributed by atoms with Gasteiger partial charge in [-0.1, -0.05) is 13.8 Å². The summed E-state index contributed by atoms with van der Waals surface area (Å²) in [5.74, 6) is 0.758. The van der Waals surface area contributed by atoms with E-state index < -0.39 is 5.54 Å². The van der Waals surface area contributed by atoms with Crippen molar-refractivity contribution in [2.45, 2.75) is 58.1 Å². The summed E-state index contributed by atoms with van der Waals surface area (Å²) in [6.45, 7) is 12.2. The number of hydrogen-bond acceptors (Lipinski definition) is 4. The van der Waals surface area contributed by atoms with Crippen molar-refractivity contribution in [2.75, 3.05) is 39.3 Å². The number of likely N-dealkylation sites (tertiary alicyclic amines) is 2. The third kappa shape index (κ3) is 4.11. The van der Waals surface area contributed by atoms with Crippen LogP contribution in [-0.2, 0) is 9.53 Å². The minimum Gasteiger partial charge on any atom is -0.378 e. The predicted molar refractivity (Wildman–Crippen MR) is 106 cm³/mol. The summed E-state index contributed by atoms with van der Waals surface area (Å²) in [6.07, 6.45) is 4.53. The van der Waals surface area contributed by atoms with Crippen molar-refractivity contribution in [3.8, 4) is 0 Å². The first-order valence-corrected chi connectivity index (χ1v) is 9.30. The molecule has 2 N–H and O–H groups in total. The number of halogens is 2. The first-order valence-electron chi connectivity index (χ1n) is 9.30. The van der Waals surface area contributed by atoms with Gasteiger partial charge in [0.05, 0.1) is 6.10 Å². The molecule has 0 radical (unpaired) electrons. The Bertz CT molecular complexity index is 458. The third-order valence-corrected chi connectivity index (χ3v) is 6.50. The second-order valence-electron chi connectivity index (χ2n) is 8.25. The lowest BCUT2D eigenvalue weighted by molar-refractivity contribution is -0.178. The van der Waals surface area contributed by atoms with E-state index in [1.54, 1.807) is 0 Å². The van der Waals surface area contributed by atoms with Crippen LogP contribution in [0.4, 0.5) is 0 Å². The fourth-order valence-electron chi connectivity index (χ4n) is 4.58. The van der Waals surface area contributed by atoms with Crippen molar-refractivity contribution in [1.29, 1.82) is 0 Å². The summed E-state index contributed by atoms with van der Waals surface area (Å²) in [5.41, 5.74) is 5.51. The van der Waals surface area contributed by atoms with E-state index in [2.05, 4.69) is 18.7 Å². The standard InChI is InChI=1S/C18H33N3O2.2ClH/c1-4-23-15-11-18(19,17(15,2)3)16(22)21-10-7-14(13-21)12-20-8-5-6-9-20;;/h14-15H,4-13,19H2,1-3H3;2*1H. The van der Waals surface area contributed by atoms with Crippen LogP contribution >= 0.6 is 24.8 Å². The zero-order chi connectivity index (χ0) is 16.7. The summed E-state index contributed by atoms with van der Waals surface area (Å²) < 4.78 is 5.75. The van der Waals surface area contributed by atoms with Crippen molar-refractivity contribution >= 4 is 30.7 Å². The van der Waals surface area contributed by atoms with Crippen LogP contribution in [0.2, 0.25) is 0 Å². The SMILES string of the molecule is CCOC1CC(N)(C(=O)N2CCC(CN3CCCC3)C2)C1(C)C.Cl.Cl. The fraction of sp³-hybridized carbons (Fsp3) is 0.944. The van der Waals surface area contributed by atoms with E-state index in [1.165, 1.54) is 25.9 Å². The Labute approximate surface area is 164 Å². The molecule has 0 bridgehead atoms. The molecule has 2 saturated heterocycles. The van der Waals surface area contributed by atoms with Gasteiger partial charge < -0.3 is 20.3 Å². The van der Waals surface area contributed by atoms with Crippen molar-refractivity contribution in [1.82, 2.24) is 9.80 Å². The molecule has 5 nitrogen and oxygen atoms in total. The second kappa shape index (κ2) is 8.75. The van der Waals surface area contributed by atoms with Crippen LogP contribution in [0.1, 0.15) is 46.5 Å². The highest BCUT2D eigenvalue weighted by Gasteiger charge is 2.64. The van der Waals surface area contributed by atoms with E-state index in [0.29, 0.717) is 18.9 Å². The Hall–Kier alpha value is -0.0700. The average molecular weight is 396 g/mol. The van der Waals surface area contributed by atoms with Crippen LogP contribution in [0.15, 0.2) is 0 Å². The molecular weight excluding hydrogens is 361 g/mol. The molecule has 148 valence electrons. The number of nitrogens with zero attached hydrogens (tertiary/aromatic N) is 2. The van der Waals surface area contributed by atoms with Gasteiger partial charge in [0.15, 0.2) is 0 Å². The van der Waals surface area contributed by atoms with Crippen LogP contribution < -0.4 is 5.73 Å². The summed E-state index contributed by atoms with van der Waals surface area (Å²) in [5, 5.41) is 0. The molecule has 25 heavy (non-hydrogen) atoms. The molecule has 0 aromatic heterocycles. The number of ether oxygens (including phenoxy) is 1. The van der Waals surface area contributed by atoms with Crippen molar-refractivity contribution < 1.29 is 9.53 Å². The molecule has 3 aliphatic rings. The Morgan fingerprint density at radius 3 is 2.40 bits per heavy atom. The van der Waals surface area contributed by atoms with Crippen LogP contribution in [0.3, 0.4) is 0 Å². The van der Waals surface area contributed by atoms with Crippen molar-refractivity contribution in [2.24, 2.45) is 17.1 Å². The lowest BCUT2D eigenvalue weighted by Crippen LogP contribution is -2.75. The van der Waals surface area contributed by atoms with Gasteiger partial charge in [0.2, 0.25) is 5.91 Å². The smallest absolute Gasteiger partial charge is 0.243 e. The summed E-state index contributed by atoms with van der Waals surface area (Å²) in [7, 11) is 0. The Morgan fingerprint density at radius 1 is 1.20 bits per heavy atom. The van der Waals surface area contributed by atoms with Gasteiger partial charge in [-0.15, -0.1) is 24.8 Å². The Balaban J connectivity index is 0.00000156. The van der Waals surface area contributed by atoms with E-state index in [0.717, 1.165) is 26.1 Å². The molecule has 3 rings (SSSR count). The minimum absolute atomic E-state index is 0. The molecule has 1 saturated carbocycles. The second-order valence-corrected chi connectivity index (χ2v) is 8.25. The van der Waals surface area contributed by atoms with Crippen LogP contribution in [-0.4, -0.2) is 66.7 Å². The zero-order valence-electron chi connectivity index (χ0n) is 15.8. The maximum Gasteiger partial charge on any atom is 0.243 e. The highest BCUT2D eigenvalue weighted by molar-refractivity contribution is 5.89. The van der Waals surface area contributed by atoms with Crippen LogP contribution in [0, 0.1) is 11.3 Å². The number of rotatable bonds is 5. The Morgan fingerprint density at radius 2 is 1.84 bits per heavy atom. The van der Waals surface area contributed by atoms with Gasteiger partial charge in [0.25, 0.3) is 0 Å². The maximum absolute atomic E-state index is 13.0. The molecular formula is C18H35Cl2N3O2. The van der Waals surface area contributed by atoms with Gasteiger partial charge in [0, 0.05) is 38.1 Å². The lowest BCUT2D eigenvalue weighted by Gasteiger charge is -2.58. The van der Waals surface area contributed by atoms with Gasteiger partial charge >= 0.3 is 0 Å². The number of nitrogens with two attached hydrogens (primary N) is 1. The average Bonchev–Trinajstić information content (AvgIpc) is 3.18. The van der Waals surface area contributed by atoms with Crippen LogP contribution in [0.5, 0.6) is 0 Å². The summed E-state index contributed by atoms with van der Waals surface area (Å²) in [6, 6.07) is 0. The molecule has 0 aromatic carbocycles. The molecule has 3 atom stereocenters. The lowest BCUT2D eigenvalue weighted by atomic mass is 9.54. The van der Waals surface area contributed by atoms with Crippen LogP contribution in [0.25, 0.3) is 0 Å². The molecule has 3 unspecified atom stereocenters. The van der Waals surface area contributed by atoms with Crippen molar-refractivity contribution in [3.05, 3.63) is 0 Å². The zero-order valence-corrected chi connectivity index (χ0v) is 17.5. The summed E-state index contributed by atoms with van der Waals surface area (Å²) >= 11 is 0. The van der Waals surface area contributed by atoms with Crippen molar-refractivity contribution in [3.63, 3.8) is 0 Å². The number of hydrogen-bond donors (Lipinski definition) is 1. The molecule has 1 amide bonds.